The van der Waals surface area contributed by atoms with E-state index in [4.69, 9.17) is 39.5 Å². The lowest BCUT2D eigenvalue weighted by Crippen LogP contribution is -1.97. The van der Waals surface area contributed by atoms with Crippen molar-refractivity contribution in [1.82, 2.24) is 0 Å². The summed E-state index contributed by atoms with van der Waals surface area (Å²) in [4.78, 5) is 9.75. The van der Waals surface area contributed by atoms with Crippen LogP contribution < -0.4 is 4.74 Å². The first kappa shape index (κ1) is 16.6. The highest BCUT2D eigenvalue weighted by Gasteiger charge is 2.10. The normalized spacial score (nSPS) is 10.9. The predicted molar refractivity (Wildman–Crippen MR) is 88.3 cm³/mol. The minimum absolute atomic E-state index is 0.278. The second-order valence-electron chi connectivity index (χ2n) is 4.33. The molecule has 0 saturated carbocycles. The fourth-order valence-corrected chi connectivity index (χ4v) is 2.44. The molecule has 4 nitrogen and oxygen atoms in total. The Labute approximate surface area is 142 Å². The molecule has 0 heterocycles. The van der Waals surface area contributed by atoms with Gasteiger partial charge in [0.05, 0.1) is 15.0 Å². The fourth-order valence-electron chi connectivity index (χ4n) is 1.70. The Morgan fingerprint density at radius 2 is 1.68 bits per heavy atom. The SMILES string of the molecule is O=[N+]([O-])/C=C/c1cc(Cl)c(OCc2ccc(Cl)cc2)c(Cl)c1. The molecule has 2 aromatic rings. The Balaban J connectivity index is 2.14. The maximum atomic E-state index is 10.3. The van der Waals surface area contributed by atoms with E-state index in [1.807, 2.05) is 12.1 Å². The molecular formula is C15H10Cl3NO3. The molecule has 0 saturated heterocycles. The van der Waals surface area contributed by atoms with Crippen LogP contribution in [0.15, 0.2) is 42.6 Å². The summed E-state index contributed by atoms with van der Waals surface area (Å²) >= 11 is 18.0. The largest absolute Gasteiger partial charge is 0.486 e. The number of halogens is 3. The van der Waals surface area contributed by atoms with Gasteiger partial charge in [0.1, 0.15) is 6.61 Å². The molecular weight excluding hydrogens is 349 g/mol. The number of nitrogens with zero attached hydrogens (tertiary/aromatic N) is 1. The molecule has 0 N–H and O–H groups in total. The van der Waals surface area contributed by atoms with Crippen LogP contribution in [0.1, 0.15) is 11.1 Å². The predicted octanol–water partition coefficient (Wildman–Crippen LogP) is 5.47. The van der Waals surface area contributed by atoms with E-state index in [9.17, 15) is 10.1 Å². The minimum atomic E-state index is -0.563. The third kappa shape index (κ3) is 4.63. The van der Waals surface area contributed by atoms with Gasteiger partial charge in [0.2, 0.25) is 6.20 Å². The van der Waals surface area contributed by atoms with Gasteiger partial charge in [-0.05, 0) is 35.4 Å². The third-order valence-corrected chi connectivity index (χ3v) is 3.52. The highest BCUT2D eigenvalue weighted by molar-refractivity contribution is 6.37. The smallest absolute Gasteiger partial charge is 0.235 e. The highest BCUT2D eigenvalue weighted by Crippen LogP contribution is 2.35. The van der Waals surface area contributed by atoms with E-state index in [2.05, 4.69) is 0 Å². The van der Waals surface area contributed by atoms with Crippen molar-refractivity contribution in [2.45, 2.75) is 6.61 Å². The summed E-state index contributed by atoms with van der Waals surface area (Å²) in [5, 5.41) is 11.5. The molecule has 0 amide bonds. The summed E-state index contributed by atoms with van der Waals surface area (Å²) in [6, 6.07) is 10.3. The molecule has 2 aromatic carbocycles. The number of hydrogen-bond acceptors (Lipinski definition) is 3. The molecule has 114 valence electrons. The summed E-state index contributed by atoms with van der Waals surface area (Å²) in [6.45, 7) is 0.278. The van der Waals surface area contributed by atoms with E-state index in [0.29, 0.717) is 16.3 Å². The van der Waals surface area contributed by atoms with Crippen molar-refractivity contribution in [3.8, 4) is 5.75 Å². The zero-order valence-corrected chi connectivity index (χ0v) is 13.4. The lowest BCUT2D eigenvalue weighted by atomic mass is 10.2. The number of ether oxygens (including phenoxy) is 1. The maximum Gasteiger partial charge on any atom is 0.235 e. The molecule has 0 bridgehead atoms. The van der Waals surface area contributed by atoms with Gasteiger partial charge in [-0.1, -0.05) is 46.9 Å². The third-order valence-electron chi connectivity index (χ3n) is 2.71. The van der Waals surface area contributed by atoms with Crippen LogP contribution in [-0.4, -0.2) is 4.92 Å². The monoisotopic (exact) mass is 357 g/mol. The zero-order chi connectivity index (χ0) is 16.1. The molecule has 22 heavy (non-hydrogen) atoms. The van der Waals surface area contributed by atoms with Gasteiger partial charge in [-0.15, -0.1) is 0 Å². The first-order valence-corrected chi connectivity index (χ1v) is 7.27. The summed E-state index contributed by atoms with van der Waals surface area (Å²) in [5.41, 5.74) is 1.43. The van der Waals surface area contributed by atoms with Crippen molar-refractivity contribution in [2.75, 3.05) is 0 Å². The van der Waals surface area contributed by atoms with Crippen LogP contribution >= 0.6 is 34.8 Å². The number of benzene rings is 2. The number of hydrogen-bond donors (Lipinski definition) is 0. The van der Waals surface area contributed by atoms with Crippen LogP contribution in [0.5, 0.6) is 5.75 Å². The number of nitro groups is 1. The van der Waals surface area contributed by atoms with E-state index in [1.54, 1.807) is 24.3 Å². The van der Waals surface area contributed by atoms with E-state index in [0.717, 1.165) is 11.8 Å². The summed E-state index contributed by atoms with van der Waals surface area (Å²) in [5.74, 6) is 0.330. The van der Waals surface area contributed by atoms with E-state index < -0.39 is 4.92 Å². The molecule has 0 spiro atoms. The van der Waals surface area contributed by atoms with Gasteiger partial charge in [0.15, 0.2) is 5.75 Å². The van der Waals surface area contributed by atoms with Crippen molar-refractivity contribution in [3.63, 3.8) is 0 Å². The van der Waals surface area contributed by atoms with E-state index in [1.165, 1.54) is 6.08 Å². The highest BCUT2D eigenvalue weighted by atomic mass is 35.5. The summed E-state index contributed by atoms with van der Waals surface area (Å²) < 4.78 is 5.61. The van der Waals surface area contributed by atoms with Crippen LogP contribution in [0.25, 0.3) is 6.08 Å². The maximum absolute atomic E-state index is 10.3. The lowest BCUT2D eigenvalue weighted by molar-refractivity contribution is -0.400. The molecule has 0 aromatic heterocycles. The van der Waals surface area contributed by atoms with Crippen molar-refractivity contribution in [1.29, 1.82) is 0 Å². The quantitative estimate of drug-likeness (QED) is 0.526. The molecule has 0 aliphatic carbocycles. The Hall–Kier alpha value is -1.75. The standard InChI is InChI=1S/C15H10Cl3NO3/c16-12-3-1-10(2-4-12)9-22-15-13(17)7-11(8-14(15)18)5-6-19(20)21/h1-8H,9H2/b6-5+. The average molecular weight is 359 g/mol. The van der Waals surface area contributed by atoms with E-state index in [-0.39, 0.29) is 16.7 Å². The van der Waals surface area contributed by atoms with Crippen LogP contribution in [-0.2, 0) is 6.61 Å². The van der Waals surface area contributed by atoms with Crippen molar-refractivity contribution in [3.05, 3.63) is 78.9 Å². The average Bonchev–Trinajstić information content (AvgIpc) is 2.46. The summed E-state index contributed by atoms with van der Waals surface area (Å²) in [6.07, 6.45) is 2.12. The molecule has 0 aliphatic rings. The van der Waals surface area contributed by atoms with Crippen molar-refractivity contribution >= 4 is 40.9 Å². The first-order valence-electron chi connectivity index (χ1n) is 6.13. The van der Waals surface area contributed by atoms with Crippen molar-refractivity contribution < 1.29 is 9.66 Å². The van der Waals surface area contributed by atoms with Crippen LogP contribution in [0.3, 0.4) is 0 Å². The molecule has 0 aliphatic heterocycles. The van der Waals surface area contributed by atoms with Gasteiger partial charge in [-0.25, -0.2) is 0 Å². The molecule has 0 fully saturated rings. The Morgan fingerprint density at radius 3 is 2.23 bits per heavy atom. The second kappa shape index (κ2) is 7.49. The van der Waals surface area contributed by atoms with Gasteiger partial charge < -0.3 is 4.74 Å². The first-order chi connectivity index (χ1) is 10.5. The van der Waals surface area contributed by atoms with Gasteiger partial charge in [-0.3, -0.25) is 10.1 Å². The van der Waals surface area contributed by atoms with Gasteiger partial charge in [0, 0.05) is 11.1 Å². The van der Waals surface area contributed by atoms with Crippen LogP contribution in [0, 0.1) is 10.1 Å². The Kier molecular flexibility index (Phi) is 5.66. The van der Waals surface area contributed by atoms with Crippen molar-refractivity contribution in [2.24, 2.45) is 0 Å². The second-order valence-corrected chi connectivity index (χ2v) is 5.58. The number of rotatable bonds is 5. The van der Waals surface area contributed by atoms with Gasteiger partial charge in [-0.2, -0.15) is 0 Å². The Bertz CT molecular complexity index is 691. The zero-order valence-electron chi connectivity index (χ0n) is 11.1. The fraction of sp³-hybridized carbons (Fsp3) is 0.0667. The van der Waals surface area contributed by atoms with Gasteiger partial charge >= 0.3 is 0 Å². The van der Waals surface area contributed by atoms with Crippen LogP contribution in [0.2, 0.25) is 15.1 Å². The summed E-state index contributed by atoms with van der Waals surface area (Å²) in [7, 11) is 0. The molecule has 0 atom stereocenters. The van der Waals surface area contributed by atoms with E-state index >= 15 is 0 Å². The molecule has 0 unspecified atom stereocenters. The Morgan fingerprint density at radius 1 is 1.09 bits per heavy atom. The minimum Gasteiger partial charge on any atom is -0.486 e. The topological polar surface area (TPSA) is 52.4 Å². The molecule has 0 radical (unpaired) electrons. The molecule has 7 heteroatoms. The molecule has 2 rings (SSSR count). The lowest BCUT2D eigenvalue weighted by Gasteiger charge is -2.11. The van der Waals surface area contributed by atoms with Gasteiger partial charge in [0.25, 0.3) is 0 Å². The van der Waals surface area contributed by atoms with Crippen LogP contribution in [0.4, 0.5) is 0 Å².